The van der Waals surface area contributed by atoms with Gasteiger partial charge in [-0.3, -0.25) is 13.9 Å². The Hall–Kier alpha value is -3.89. The van der Waals surface area contributed by atoms with Crippen LogP contribution in [-0.4, -0.2) is 51.8 Å². The number of ether oxygens (including phenoxy) is 2. The van der Waals surface area contributed by atoms with Gasteiger partial charge in [-0.1, -0.05) is 30.3 Å². The lowest BCUT2D eigenvalue weighted by atomic mass is 10.1. The van der Waals surface area contributed by atoms with Gasteiger partial charge in [-0.25, -0.2) is 8.42 Å². The molecule has 0 aromatic heterocycles. The Morgan fingerprint density at radius 2 is 1.66 bits per heavy atom. The molecule has 9 nitrogen and oxygen atoms in total. The van der Waals surface area contributed by atoms with E-state index in [0.29, 0.717) is 30.3 Å². The number of para-hydroxylation sites is 2. The molecule has 0 aliphatic carbocycles. The minimum Gasteiger partial charge on any atom is -0.457 e. The second-order valence-electron chi connectivity index (χ2n) is 9.02. The Kier molecular flexibility index (Phi) is 8.65. The Balaban J connectivity index is 1.48. The van der Waals surface area contributed by atoms with E-state index in [0.717, 1.165) is 23.4 Å². The molecule has 0 bridgehead atoms. The van der Waals surface area contributed by atoms with Crippen LogP contribution >= 0.6 is 0 Å². The summed E-state index contributed by atoms with van der Waals surface area (Å²) in [7, 11) is -3.83. The topological polar surface area (TPSA) is 114 Å². The molecule has 0 unspecified atom stereocenters. The van der Waals surface area contributed by atoms with Crippen LogP contribution in [0.25, 0.3) is 0 Å². The molecule has 1 fully saturated rings. The highest BCUT2D eigenvalue weighted by atomic mass is 32.2. The predicted molar refractivity (Wildman–Crippen MR) is 146 cm³/mol. The average molecular weight is 538 g/mol. The number of sulfonamides is 1. The first kappa shape index (κ1) is 27.2. The molecule has 4 rings (SSSR count). The van der Waals surface area contributed by atoms with Gasteiger partial charge in [0, 0.05) is 13.2 Å². The molecule has 3 aromatic carbocycles. The predicted octanol–water partition coefficient (Wildman–Crippen LogP) is 4.18. The lowest BCUT2D eigenvalue weighted by molar-refractivity contribution is -0.116. The molecular formula is C28H31N3O6S. The third kappa shape index (κ3) is 6.90. The first-order valence-electron chi connectivity index (χ1n) is 12.3. The van der Waals surface area contributed by atoms with Crippen molar-refractivity contribution in [2.24, 2.45) is 0 Å². The van der Waals surface area contributed by atoms with Crippen LogP contribution in [0, 0.1) is 0 Å². The highest BCUT2D eigenvalue weighted by Gasteiger charge is 2.30. The Morgan fingerprint density at radius 3 is 2.32 bits per heavy atom. The SMILES string of the molecule is C[C@H](C(=O)Nc1ccccc1C(=O)NC[C@H]1CCCO1)N(c1ccc(Oc2ccccc2)cc1)S(C)(=O)=O. The number of nitrogens with one attached hydrogen (secondary N) is 2. The molecule has 2 atom stereocenters. The first-order valence-corrected chi connectivity index (χ1v) is 14.2. The summed E-state index contributed by atoms with van der Waals surface area (Å²) >= 11 is 0. The van der Waals surface area contributed by atoms with Crippen LogP contribution in [0.1, 0.15) is 30.1 Å². The maximum Gasteiger partial charge on any atom is 0.253 e. The standard InChI is InChI=1S/C28H31N3O6S/c1-20(27(32)30-26-13-7-6-12-25(26)28(33)29-19-24-11-8-18-36-24)31(38(2,34)35)21-14-16-23(17-15-21)37-22-9-4-3-5-10-22/h3-7,9-10,12-17,20,24H,8,11,18-19H2,1-2H3,(H,29,33)(H,30,32)/t20-,24-/m1/s1. The average Bonchev–Trinajstić information content (AvgIpc) is 3.42. The molecule has 0 radical (unpaired) electrons. The second kappa shape index (κ2) is 12.1. The molecule has 2 amide bonds. The zero-order valence-corrected chi connectivity index (χ0v) is 22.1. The molecular weight excluding hydrogens is 506 g/mol. The van der Waals surface area contributed by atoms with E-state index in [2.05, 4.69) is 10.6 Å². The van der Waals surface area contributed by atoms with Crippen molar-refractivity contribution >= 4 is 33.2 Å². The summed E-state index contributed by atoms with van der Waals surface area (Å²) in [5.74, 6) is 0.234. The molecule has 0 spiro atoms. The van der Waals surface area contributed by atoms with E-state index in [-0.39, 0.29) is 23.3 Å². The number of carbonyl (C=O) groups is 2. The molecule has 3 aromatic rings. The summed E-state index contributed by atoms with van der Waals surface area (Å²) in [4.78, 5) is 26.0. The van der Waals surface area contributed by atoms with E-state index in [1.165, 1.54) is 6.92 Å². The van der Waals surface area contributed by atoms with E-state index >= 15 is 0 Å². The van der Waals surface area contributed by atoms with Crippen molar-refractivity contribution in [2.75, 3.05) is 29.0 Å². The fourth-order valence-electron chi connectivity index (χ4n) is 4.23. The van der Waals surface area contributed by atoms with E-state index in [4.69, 9.17) is 9.47 Å². The minimum absolute atomic E-state index is 0.0199. The van der Waals surface area contributed by atoms with Gasteiger partial charge >= 0.3 is 0 Å². The number of carbonyl (C=O) groups excluding carboxylic acids is 2. The van der Waals surface area contributed by atoms with E-state index in [9.17, 15) is 18.0 Å². The van der Waals surface area contributed by atoms with Gasteiger partial charge in [0.2, 0.25) is 15.9 Å². The smallest absolute Gasteiger partial charge is 0.253 e. The van der Waals surface area contributed by atoms with Crippen molar-refractivity contribution in [1.29, 1.82) is 0 Å². The fraction of sp³-hybridized carbons (Fsp3) is 0.286. The van der Waals surface area contributed by atoms with E-state index in [1.807, 2.05) is 30.3 Å². The molecule has 1 heterocycles. The maximum absolute atomic E-state index is 13.2. The van der Waals surface area contributed by atoms with Crippen molar-refractivity contribution in [3.05, 3.63) is 84.4 Å². The lowest BCUT2D eigenvalue weighted by Crippen LogP contribution is -2.45. The summed E-state index contributed by atoms with van der Waals surface area (Å²) in [5.41, 5.74) is 0.867. The second-order valence-corrected chi connectivity index (χ2v) is 10.9. The number of hydrogen-bond acceptors (Lipinski definition) is 6. The van der Waals surface area contributed by atoms with Crippen molar-refractivity contribution < 1.29 is 27.5 Å². The summed E-state index contributed by atoms with van der Waals surface area (Å²) in [5, 5.41) is 5.57. The Bertz CT molecular complexity index is 1360. The molecule has 1 aliphatic rings. The molecule has 200 valence electrons. The largest absolute Gasteiger partial charge is 0.457 e. The van der Waals surface area contributed by atoms with Gasteiger partial charge < -0.3 is 20.1 Å². The number of nitrogens with zero attached hydrogens (tertiary/aromatic N) is 1. The van der Waals surface area contributed by atoms with Crippen molar-refractivity contribution in [3.63, 3.8) is 0 Å². The van der Waals surface area contributed by atoms with Crippen LogP contribution in [0.15, 0.2) is 78.9 Å². The molecule has 10 heteroatoms. The highest BCUT2D eigenvalue weighted by molar-refractivity contribution is 7.92. The molecule has 38 heavy (non-hydrogen) atoms. The number of amides is 2. The van der Waals surface area contributed by atoms with E-state index < -0.39 is 22.0 Å². The van der Waals surface area contributed by atoms with Gasteiger partial charge in [-0.15, -0.1) is 0 Å². The highest BCUT2D eigenvalue weighted by Crippen LogP contribution is 2.27. The lowest BCUT2D eigenvalue weighted by Gasteiger charge is -2.28. The number of benzene rings is 3. The van der Waals surface area contributed by atoms with Crippen LogP contribution in [0.5, 0.6) is 11.5 Å². The van der Waals surface area contributed by atoms with Crippen LogP contribution < -0.4 is 19.7 Å². The summed E-state index contributed by atoms with van der Waals surface area (Å²) in [6.45, 7) is 2.55. The van der Waals surface area contributed by atoms with E-state index in [1.54, 1.807) is 48.5 Å². The third-order valence-electron chi connectivity index (χ3n) is 6.10. The van der Waals surface area contributed by atoms with Crippen molar-refractivity contribution in [1.82, 2.24) is 5.32 Å². The zero-order valence-electron chi connectivity index (χ0n) is 21.3. The molecule has 1 aliphatic heterocycles. The third-order valence-corrected chi connectivity index (χ3v) is 7.34. The summed E-state index contributed by atoms with van der Waals surface area (Å²) in [6, 6.07) is 21.1. The van der Waals surface area contributed by atoms with Gasteiger partial charge in [0.05, 0.1) is 29.3 Å². The number of hydrogen-bond donors (Lipinski definition) is 2. The number of rotatable bonds is 10. The van der Waals surface area contributed by atoms with Crippen LogP contribution in [-0.2, 0) is 19.6 Å². The van der Waals surface area contributed by atoms with Crippen molar-refractivity contribution in [3.8, 4) is 11.5 Å². The van der Waals surface area contributed by atoms with Gasteiger partial charge in [0.25, 0.3) is 5.91 Å². The fourth-order valence-corrected chi connectivity index (χ4v) is 5.40. The minimum atomic E-state index is -3.83. The Labute approximate surface area is 222 Å². The summed E-state index contributed by atoms with van der Waals surface area (Å²) < 4.78 is 37.8. The van der Waals surface area contributed by atoms with Gasteiger partial charge in [-0.2, -0.15) is 0 Å². The van der Waals surface area contributed by atoms with Crippen LogP contribution in [0.4, 0.5) is 11.4 Å². The maximum atomic E-state index is 13.2. The van der Waals surface area contributed by atoms with Gasteiger partial charge in [0.1, 0.15) is 17.5 Å². The first-order chi connectivity index (χ1) is 18.2. The van der Waals surface area contributed by atoms with Crippen LogP contribution in [0.3, 0.4) is 0 Å². The molecule has 2 N–H and O–H groups in total. The number of anilines is 2. The molecule has 0 saturated carbocycles. The van der Waals surface area contributed by atoms with Gasteiger partial charge in [-0.05, 0) is 68.3 Å². The monoisotopic (exact) mass is 537 g/mol. The quantitative estimate of drug-likeness (QED) is 0.401. The molecule has 1 saturated heterocycles. The normalized spacial score (nSPS) is 15.9. The van der Waals surface area contributed by atoms with Crippen LogP contribution in [0.2, 0.25) is 0 Å². The van der Waals surface area contributed by atoms with Gasteiger partial charge in [0.15, 0.2) is 0 Å². The summed E-state index contributed by atoms with van der Waals surface area (Å²) in [6.07, 6.45) is 2.87. The van der Waals surface area contributed by atoms with Crippen molar-refractivity contribution in [2.45, 2.75) is 31.9 Å². The zero-order chi connectivity index (χ0) is 27.1. The Morgan fingerprint density at radius 1 is 1.00 bits per heavy atom.